The van der Waals surface area contributed by atoms with E-state index >= 15 is 0 Å². The molecule has 1 fully saturated rings. The summed E-state index contributed by atoms with van der Waals surface area (Å²) in [5.74, 6) is 0.192. The van der Waals surface area contributed by atoms with Crippen LogP contribution in [-0.2, 0) is 0 Å². The quantitative estimate of drug-likeness (QED) is 0.700. The maximum Gasteiger partial charge on any atom is 0.194 e. The number of Topliss-reactive ketones (excluding diaryl/α,β-unsaturated/α-hetero) is 1. The van der Waals surface area contributed by atoms with Crippen LogP contribution in [-0.4, -0.2) is 18.4 Å². The molecule has 1 aliphatic heterocycles. The van der Waals surface area contributed by atoms with Gasteiger partial charge in [-0.2, -0.15) is 0 Å². The lowest BCUT2D eigenvalue weighted by Gasteiger charge is -2.18. The first-order chi connectivity index (χ1) is 8.36. The van der Waals surface area contributed by atoms with E-state index in [0.29, 0.717) is 6.04 Å². The van der Waals surface area contributed by atoms with Gasteiger partial charge in [0.25, 0.3) is 0 Å². The molecule has 2 aliphatic carbocycles. The molecule has 3 heteroatoms. The van der Waals surface area contributed by atoms with Crippen LogP contribution in [0.4, 0.5) is 0 Å². The summed E-state index contributed by atoms with van der Waals surface area (Å²) in [5, 5.41) is 0. The van der Waals surface area contributed by atoms with Gasteiger partial charge in [-0.05, 0) is 23.1 Å². The summed E-state index contributed by atoms with van der Waals surface area (Å²) in [6.45, 7) is 0.775. The zero-order valence-corrected chi connectivity index (χ0v) is 9.29. The van der Waals surface area contributed by atoms with Gasteiger partial charge in [-0.25, -0.2) is 5.43 Å². The fraction of sp³-hybridized carbons (Fsp3) is 0.214. The molecule has 4 rings (SSSR count). The fourth-order valence-corrected chi connectivity index (χ4v) is 3.02. The largest absolute Gasteiger partial charge is 0.289 e. The van der Waals surface area contributed by atoms with Crippen molar-refractivity contribution in [1.29, 1.82) is 0 Å². The van der Waals surface area contributed by atoms with Crippen LogP contribution in [0, 0.1) is 0 Å². The third-order valence-corrected chi connectivity index (χ3v) is 3.81. The number of carbonyl (C=O) groups excluding carboxylic acids is 1. The minimum Gasteiger partial charge on any atom is -0.289 e. The molecular weight excluding hydrogens is 212 g/mol. The molecule has 3 nitrogen and oxygen atoms in total. The summed E-state index contributed by atoms with van der Waals surface area (Å²) in [7, 11) is 0. The first-order valence-corrected chi connectivity index (χ1v) is 5.92. The number of hydrogen-bond donors (Lipinski definition) is 2. The smallest absolute Gasteiger partial charge is 0.194 e. The molecule has 0 radical (unpaired) electrons. The molecule has 84 valence electrons. The molecule has 1 aromatic rings. The van der Waals surface area contributed by atoms with Gasteiger partial charge in [-0.15, -0.1) is 0 Å². The zero-order chi connectivity index (χ0) is 11.4. The van der Waals surface area contributed by atoms with Gasteiger partial charge in [0.05, 0.1) is 0 Å². The predicted molar refractivity (Wildman–Crippen MR) is 65.3 cm³/mol. The molecular formula is C14H12N2O. The Morgan fingerprint density at radius 2 is 2.00 bits per heavy atom. The Hall–Kier alpha value is -1.71. The fourth-order valence-electron chi connectivity index (χ4n) is 3.02. The molecule has 1 aromatic carbocycles. The topological polar surface area (TPSA) is 41.1 Å². The van der Waals surface area contributed by atoms with Gasteiger partial charge < -0.3 is 0 Å². The van der Waals surface area contributed by atoms with Gasteiger partial charge >= 0.3 is 0 Å². The number of hydrazine groups is 1. The number of rotatable bonds is 0. The Morgan fingerprint density at radius 3 is 2.88 bits per heavy atom. The molecule has 0 amide bonds. The van der Waals surface area contributed by atoms with Gasteiger partial charge in [0.2, 0.25) is 0 Å². The highest BCUT2D eigenvalue weighted by molar-refractivity contribution is 6.27. The maximum absolute atomic E-state index is 12.4. The SMILES string of the molecule is O=C1C2=C3CNNC3CC=C2c2ccccc21. The molecule has 1 saturated heterocycles. The van der Waals surface area contributed by atoms with E-state index < -0.39 is 0 Å². The highest BCUT2D eigenvalue weighted by Crippen LogP contribution is 2.42. The lowest BCUT2D eigenvalue weighted by molar-refractivity contribution is 0.104. The van der Waals surface area contributed by atoms with Crippen LogP contribution in [0.2, 0.25) is 0 Å². The molecule has 17 heavy (non-hydrogen) atoms. The Bertz CT molecular complexity index is 598. The van der Waals surface area contributed by atoms with E-state index in [9.17, 15) is 4.79 Å². The second kappa shape index (κ2) is 3.15. The Labute approximate surface area is 99.2 Å². The van der Waals surface area contributed by atoms with E-state index in [-0.39, 0.29) is 5.78 Å². The summed E-state index contributed by atoms with van der Waals surface area (Å²) >= 11 is 0. The van der Waals surface area contributed by atoms with Crippen molar-refractivity contribution in [3.05, 3.63) is 52.6 Å². The Morgan fingerprint density at radius 1 is 1.18 bits per heavy atom. The molecule has 1 heterocycles. The van der Waals surface area contributed by atoms with Crippen molar-refractivity contribution in [3.63, 3.8) is 0 Å². The number of benzene rings is 1. The van der Waals surface area contributed by atoms with Crippen molar-refractivity contribution < 1.29 is 4.79 Å². The summed E-state index contributed by atoms with van der Waals surface area (Å²) in [5.41, 5.74) is 11.6. The van der Waals surface area contributed by atoms with E-state index in [1.54, 1.807) is 0 Å². The highest BCUT2D eigenvalue weighted by atomic mass is 16.1. The number of ketones is 1. The van der Waals surface area contributed by atoms with Crippen LogP contribution < -0.4 is 10.9 Å². The first-order valence-electron chi connectivity index (χ1n) is 5.92. The van der Waals surface area contributed by atoms with E-state index in [1.165, 1.54) is 5.57 Å². The third kappa shape index (κ3) is 1.10. The molecule has 0 saturated carbocycles. The standard InChI is InChI=1S/C14H12N2O/c17-14-10-4-2-1-3-8(10)9-5-6-12-11(13(9)14)7-15-16-12/h1-5,12,15-16H,6-7H2. The summed E-state index contributed by atoms with van der Waals surface area (Å²) < 4.78 is 0. The van der Waals surface area contributed by atoms with Gasteiger partial charge in [0, 0.05) is 23.7 Å². The van der Waals surface area contributed by atoms with Crippen molar-refractivity contribution >= 4 is 11.4 Å². The molecule has 2 N–H and O–H groups in total. The van der Waals surface area contributed by atoms with Crippen LogP contribution in [0.1, 0.15) is 22.3 Å². The van der Waals surface area contributed by atoms with E-state index in [2.05, 4.69) is 16.9 Å². The van der Waals surface area contributed by atoms with Gasteiger partial charge in [-0.1, -0.05) is 30.3 Å². The zero-order valence-electron chi connectivity index (χ0n) is 9.29. The number of hydrogen-bond acceptors (Lipinski definition) is 3. The van der Waals surface area contributed by atoms with E-state index in [1.807, 2.05) is 24.3 Å². The minimum absolute atomic E-state index is 0.192. The normalized spacial score (nSPS) is 25.5. The third-order valence-electron chi connectivity index (χ3n) is 3.81. The van der Waals surface area contributed by atoms with E-state index in [4.69, 9.17) is 0 Å². The molecule has 1 unspecified atom stereocenters. The van der Waals surface area contributed by atoms with Crippen LogP contribution in [0.15, 0.2) is 41.5 Å². The van der Waals surface area contributed by atoms with Crippen LogP contribution >= 0.6 is 0 Å². The lowest BCUT2D eigenvalue weighted by atomic mass is 9.88. The molecule has 1 atom stereocenters. The minimum atomic E-state index is 0.192. The predicted octanol–water partition coefficient (Wildman–Crippen LogP) is 1.44. The molecule has 0 spiro atoms. The van der Waals surface area contributed by atoms with Gasteiger partial charge in [0.15, 0.2) is 5.78 Å². The number of carbonyl (C=O) groups is 1. The van der Waals surface area contributed by atoms with Crippen LogP contribution in [0.5, 0.6) is 0 Å². The molecule has 3 aliphatic rings. The molecule has 0 aromatic heterocycles. The second-order valence-electron chi connectivity index (χ2n) is 4.68. The average Bonchev–Trinajstić information content (AvgIpc) is 2.93. The maximum atomic E-state index is 12.4. The number of allylic oxidation sites excluding steroid dienone is 2. The Balaban J connectivity index is 2.00. The Kier molecular flexibility index (Phi) is 1.73. The summed E-state index contributed by atoms with van der Waals surface area (Å²) in [6.07, 6.45) is 3.15. The van der Waals surface area contributed by atoms with Crippen LogP contribution in [0.25, 0.3) is 5.57 Å². The second-order valence-corrected chi connectivity index (χ2v) is 4.68. The monoisotopic (exact) mass is 224 g/mol. The van der Waals surface area contributed by atoms with Crippen LogP contribution in [0.3, 0.4) is 0 Å². The van der Waals surface area contributed by atoms with Gasteiger partial charge in [-0.3, -0.25) is 10.2 Å². The van der Waals surface area contributed by atoms with E-state index in [0.717, 1.165) is 35.2 Å². The lowest BCUT2D eigenvalue weighted by Crippen LogP contribution is -2.30. The van der Waals surface area contributed by atoms with Crippen molar-refractivity contribution in [1.82, 2.24) is 10.9 Å². The summed E-state index contributed by atoms with van der Waals surface area (Å²) in [6, 6.07) is 8.20. The first kappa shape index (κ1) is 9.33. The van der Waals surface area contributed by atoms with Gasteiger partial charge in [0.1, 0.15) is 0 Å². The summed E-state index contributed by atoms with van der Waals surface area (Å²) in [4.78, 5) is 12.4. The van der Waals surface area contributed by atoms with Crippen molar-refractivity contribution in [2.24, 2.45) is 0 Å². The van der Waals surface area contributed by atoms with Crippen molar-refractivity contribution in [2.45, 2.75) is 12.5 Å². The number of nitrogens with one attached hydrogen (secondary N) is 2. The van der Waals surface area contributed by atoms with Crippen molar-refractivity contribution in [2.75, 3.05) is 6.54 Å². The highest BCUT2D eigenvalue weighted by Gasteiger charge is 2.37. The average molecular weight is 224 g/mol. The molecule has 0 bridgehead atoms. The number of fused-ring (bicyclic) bond motifs is 4. The van der Waals surface area contributed by atoms with Crippen molar-refractivity contribution in [3.8, 4) is 0 Å².